The van der Waals surface area contributed by atoms with Crippen LogP contribution in [0.5, 0.6) is 0 Å². The first kappa shape index (κ1) is 15.5. The van der Waals surface area contributed by atoms with E-state index in [9.17, 15) is 4.79 Å². The number of anilines is 1. The molecule has 1 atom stereocenters. The maximum Gasteiger partial charge on any atom is 0.270 e. The van der Waals surface area contributed by atoms with E-state index in [1.807, 2.05) is 49.4 Å². The average molecular weight is 311 g/mol. The molecule has 3 rings (SSSR count). The van der Waals surface area contributed by atoms with Gasteiger partial charge in [0.15, 0.2) is 0 Å². The minimum Gasteiger partial charge on any atom is -0.378 e. The molecule has 0 radical (unpaired) electrons. The number of hydrogen-bond acceptors (Lipinski definition) is 4. The van der Waals surface area contributed by atoms with Crippen LogP contribution in [0.2, 0.25) is 0 Å². The summed E-state index contributed by atoms with van der Waals surface area (Å²) < 4.78 is 5.35. The zero-order valence-electron chi connectivity index (χ0n) is 13.2. The molecule has 1 unspecified atom stereocenters. The van der Waals surface area contributed by atoms with E-state index in [-0.39, 0.29) is 11.9 Å². The van der Waals surface area contributed by atoms with Crippen LogP contribution >= 0.6 is 0 Å². The number of carbonyl (C=O) groups excluding carboxylic acids is 1. The summed E-state index contributed by atoms with van der Waals surface area (Å²) in [5.41, 5.74) is 1.52. The highest BCUT2D eigenvalue weighted by molar-refractivity contribution is 5.92. The highest BCUT2D eigenvalue weighted by atomic mass is 16.5. The van der Waals surface area contributed by atoms with Crippen LogP contribution in [0.4, 0.5) is 5.82 Å². The fourth-order valence-corrected chi connectivity index (χ4v) is 2.61. The lowest BCUT2D eigenvalue weighted by Crippen LogP contribution is -2.37. The molecule has 120 valence electrons. The molecule has 2 heterocycles. The van der Waals surface area contributed by atoms with Gasteiger partial charge in [0.05, 0.1) is 19.3 Å². The molecular formula is C18H21N3O2. The van der Waals surface area contributed by atoms with Gasteiger partial charge >= 0.3 is 0 Å². The smallest absolute Gasteiger partial charge is 0.270 e. The van der Waals surface area contributed by atoms with Crippen LogP contribution < -0.4 is 10.2 Å². The van der Waals surface area contributed by atoms with Crippen molar-refractivity contribution in [2.75, 3.05) is 31.2 Å². The Morgan fingerprint density at radius 1 is 1.13 bits per heavy atom. The molecule has 1 aromatic heterocycles. The molecule has 1 fully saturated rings. The molecule has 1 N–H and O–H groups in total. The van der Waals surface area contributed by atoms with Crippen LogP contribution in [-0.4, -0.2) is 37.2 Å². The molecule has 5 nitrogen and oxygen atoms in total. The van der Waals surface area contributed by atoms with Gasteiger partial charge in [-0.2, -0.15) is 0 Å². The Balaban J connectivity index is 1.69. The van der Waals surface area contributed by atoms with E-state index in [0.717, 1.165) is 24.5 Å². The van der Waals surface area contributed by atoms with E-state index in [0.29, 0.717) is 18.9 Å². The Morgan fingerprint density at radius 3 is 2.61 bits per heavy atom. The fourth-order valence-electron chi connectivity index (χ4n) is 2.61. The van der Waals surface area contributed by atoms with Crippen LogP contribution in [0.3, 0.4) is 0 Å². The number of hydrogen-bond donors (Lipinski definition) is 1. The molecule has 2 aromatic rings. The van der Waals surface area contributed by atoms with Gasteiger partial charge in [-0.05, 0) is 24.6 Å². The zero-order chi connectivity index (χ0) is 16.1. The summed E-state index contributed by atoms with van der Waals surface area (Å²) in [6.07, 6.45) is 0. The molecule has 23 heavy (non-hydrogen) atoms. The Bertz CT molecular complexity index is 654. The van der Waals surface area contributed by atoms with Crippen molar-refractivity contribution in [3.8, 4) is 0 Å². The number of benzene rings is 1. The summed E-state index contributed by atoms with van der Waals surface area (Å²) in [6.45, 7) is 4.97. The minimum atomic E-state index is -0.156. The van der Waals surface area contributed by atoms with Crippen molar-refractivity contribution in [3.63, 3.8) is 0 Å². The molecule has 0 aliphatic carbocycles. The second-order valence-corrected chi connectivity index (χ2v) is 5.59. The zero-order valence-corrected chi connectivity index (χ0v) is 13.2. The number of nitrogens with one attached hydrogen (secondary N) is 1. The topological polar surface area (TPSA) is 54.5 Å². The van der Waals surface area contributed by atoms with Crippen LogP contribution in [-0.2, 0) is 4.74 Å². The Hall–Kier alpha value is -2.40. The molecule has 0 saturated carbocycles. The van der Waals surface area contributed by atoms with E-state index in [1.54, 1.807) is 6.07 Å². The van der Waals surface area contributed by atoms with Gasteiger partial charge < -0.3 is 15.0 Å². The van der Waals surface area contributed by atoms with Crippen LogP contribution in [0.1, 0.15) is 29.0 Å². The average Bonchev–Trinajstić information content (AvgIpc) is 2.63. The number of aromatic nitrogens is 1. The summed E-state index contributed by atoms with van der Waals surface area (Å²) >= 11 is 0. The molecule has 1 aliphatic heterocycles. The predicted molar refractivity (Wildman–Crippen MR) is 89.6 cm³/mol. The Morgan fingerprint density at radius 2 is 1.87 bits per heavy atom. The van der Waals surface area contributed by atoms with Gasteiger partial charge in [-0.25, -0.2) is 4.98 Å². The third-order valence-electron chi connectivity index (χ3n) is 3.95. The number of amides is 1. The molecular weight excluding hydrogens is 290 g/mol. The number of pyridine rings is 1. The van der Waals surface area contributed by atoms with Gasteiger partial charge in [0.2, 0.25) is 0 Å². The normalized spacial score (nSPS) is 16.0. The summed E-state index contributed by atoms with van der Waals surface area (Å²) in [5.74, 6) is 0.671. The second-order valence-electron chi connectivity index (χ2n) is 5.59. The Labute approximate surface area is 136 Å². The molecule has 1 aromatic carbocycles. The van der Waals surface area contributed by atoms with E-state index in [1.165, 1.54) is 0 Å². The van der Waals surface area contributed by atoms with Crippen molar-refractivity contribution in [2.45, 2.75) is 13.0 Å². The van der Waals surface area contributed by atoms with Gasteiger partial charge in [0.25, 0.3) is 5.91 Å². The lowest BCUT2D eigenvalue weighted by Gasteiger charge is -2.28. The third-order valence-corrected chi connectivity index (χ3v) is 3.95. The van der Waals surface area contributed by atoms with E-state index in [4.69, 9.17) is 4.74 Å². The van der Waals surface area contributed by atoms with Crippen molar-refractivity contribution in [3.05, 3.63) is 59.8 Å². The fraction of sp³-hybridized carbons (Fsp3) is 0.333. The van der Waals surface area contributed by atoms with Crippen molar-refractivity contribution in [1.29, 1.82) is 0 Å². The largest absolute Gasteiger partial charge is 0.378 e. The lowest BCUT2D eigenvalue weighted by molar-refractivity contribution is 0.0934. The molecule has 1 amide bonds. The number of carbonyl (C=O) groups is 1. The third kappa shape index (κ3) is 3.87. The van der Waals surface area contributed by atoms with E-state index < -0.39 is 0 Å². The number of nitrogens with zero attached hydrogens (tertiary/aromatic N) is 2. The SMILES string of the molecule is CC(NC(=O)c1cccc(N2CCOCC2)n1)c1ccccc1. The van der Waals surface area contributed by atoms with Crippen molar-refractivity contribution >= 4 is 11.7 Å². The lowest BCUT2D eigenvalue weighted by atomic mass is 10.1. The highest BCUT2D eigenvalue weighted by Gasteiger charge is 2.16. The molecule has 1 aliphatic rings. The molecule has 0 bridgehead atoms. The summed E-state index contributed by atoms with van der Waals surface area (Å²) in [6, 6.07) is 15.4. The van der Waals surface area contributed by atoms with Gasteiger partial charge in [0.1, 0.15) is 11.5 Å². The summed E-state index contributed by atoms with van der Waals surface area (Å²) in [7, 11) is 0. The van der Waals surface area contributed by atoms with Gasteiger partial charge in [-0.15, -0.1) is 0 Å². The van der Waals surface area contributed by atoms with Crippen LogP contribution in [0.15, 0.2) is 48.5 Å². The molecule has 1 saturated heterocycles. The van der Waals surface area contributed by atoms with Crippen LogP contribution in [0, 0.1) is 0 Å². The first-order valence-electron chi connectivity index (χ1n) is 7.89. The quantitative estimate of drug-likeness (QED) is 0.942. The number of morpholine rings is 1. The van der Waals surface area contributed by atoms with Crippen molar-refractivity contribution in [2.24, 2.45) is 0 Å². The summed E-state index contributed by atoms with van der Waals surface area (Å²) in [5, 5.41) is 3.00. The van der Waals surface area contributed by atoms with Gasteiger partial charge in [-0.1, -0.05) is 36.4 Å². The number of ether oxygens (including phenoxy) is 1. The first-order valence-corrected chi connectivity index (χ1v) is 7.89. The standard InChI is InChI=1S/C18H21N3O2/c1-14(15-6-3-2-4-7-15)19-18(22)16-8-5-9-17(20-16)21-10-12-23-13-11-21/h2-9,14H,10-13H2,1H3,(H,19,22). The minimum absolute atomic E-state index is 0.0578. The Kier molecular flexibility index (Phi) is 4.88. The predicted octanol–water partition coefficient (Wildman–Crippen LogP) is 2.41. The van der Waals surface area contributed by atoms with Crippen molar-refractivity contribution in [1.82, 2.24) is 10.3 Å². The molecule has 0 spiro atoms. The van der Waals surface area contributed by atoms with E-state index in [2.05, 4.69) is 15.2 Å². The van der Waals surface area contributed by atoms with Crippen LogP contribution in [0.25, 0.3) is 0 Å². The maximum absolute atomic E-state index is 12.4. The highest BCUT2D eigenvalue weighted by Crippen LogP contribution is 2.15. The first-order chi connectivity index (χ1) is 11.2. The number of rotatable bonds is 4. The molecule has 5 heteroatoms. The van der Waals surface area contributed by atoms with Gasteiger partial charge in [-0.3, -0.25) is 4.79 Å². The summed E-state index contributed by atoms with van der Waals surface area (Å²) in [4.78, 5) is 19.1. The van der Waals surface area contributed by atoms with Gasteiger partial charge in [0, 0.05) is 13.1 Å². The monoisotopic (exact) mass is 311 g/mol. The maximum atomic E-state index is 12.4. The van der Waals surface area contributed by atoms with E-state index >= 15 is 0 Å². The van der Waals surface area contributed by atoms with Crippen molar-refractivity contribution < 1.29 is 9.53 Å². The second kappa shape index (κ2) is 7.24.